The molecule has 23 heavy (non-hydrogen) atoms. The smallest absolute Gasteiger partial charge is 0.325 e. The van der Waals surface area contributed by atoms with E-state index in [1.165, 1.54) is 0 Å². The molecule has 1 heterocycles. The van der Waals surface area contributed by atoms with Gasteiger partial charge in [0.15, 0.2) is 0 Å². The average Bonchev–Trinajstić information content (AvgIpc) is 2.54. The second kappa shape index (κ2) is 6.52. The van der Waals surface area contributed by atoms with Crippen LogP contribution in [0.15, 0.2) is 29.2 Å². The molecule has 0 saturated carbocycles. The van der Waals surface area contributed by atoms with E-state index in [-0.39, 0.29) is 29.8 Å². The summed E-state index contributed by atoms with van der Waals surface area (Å²) in [4.78, 5) is 11.6. The van der Waals surface area contributed by atoms with Gasteiger partial charge < -0.3 is 5.11 Å². The van der Waals surface area contributed by atoms with E-state index in [0.29, 0.717) is 12.8 Å². The zero-order valence-electron chi connectivity index (χ0n) is 12.7. The van der Waals surface area contributed by atoms with Crippen molar-refractivity contribution in [1.82, 2.24) is 4.31 Å². The molecule has 1 atom stereocenters. The van der Waals surface area contributed by atoms with Crippen LogP contribution in [0.3, 0.4) is 0 Å². The van der Waals surface area contributed by atoms with Crippen LogP contribution in [0.4, 0.5) is 8.78 Å². The minimum absolute atomic E-state index is 0.110. The second-order valence-corrected chi connectivity index (χ2v) is 7.46. The standard InChI is InChI=1S/C15H19F2NO4S/c1-2-15(14(19)20)9-3-4-10-18(15)23(21,22)12-7-5-11(6-8-12)13(16)17/h5-8,13H,2-4,9-10H2,1H3,(H,19,20). The van der Waals surface area contributed by atoms with Crippen LogP contribution < -0.4 is 0 Å². The topological polar surface area (TPSA) is 74.7 Å². The summed E-state index contributed by atoms with van der Waals surface area (Å²) in [7, 11) is -4.06. The Kier molecular flexibility index (Phi) is 5.05. The van der Waals surface area contributed by atoms with Crippen LogP contribution in [0.1, 0.15) is 44.6 Å². The fraction of sp³-hybridized carbons (Fsp3) is 0.533. The fourth-order valence-corrected chi connectivity index (χ4v) is 4.85. The van der Waals surface area contributed by atoms with Gasteiger partial charge in [0.2, 0.25) is 10.0 Å². The van der Waals surface area contributed by atoms with Gasteiger partial charge in [0.1, 0.15) is 5.54 Å². The number of aliphatic carboxylic acids is 1. The van der Waals surface area contributed by atoms with Crippen molar-refractivity contribution < 1.29 is 27.1 Å². The third-order valence-corrected chi connectivity index (χ3v) is 6.36. The Morgan fingerprint density at radius 3 is 2.39 bits per heavy atom. The molecule has 0 spiro atoms. The average molecular weight is 347 g/mol. The van der Waals surface area contributed by atoms with Crippen molar-refractivity contribution in [3.05, 3.63) is 29.8 Å². The van der Waals surface area contributed by atoms with E-state index in [0.717, 1.165) is 28.6 Å². The molecule has 1 fully saturated rings. The van der Waals surface area contributed by atoms with Gasteiger partial charge in [0.05, 0.1) is 4.90 Å². The summed E-state index contributed by atoms with van der Waals surface area (Å²) in [6, 6.07) is 4.31. The maximum atomic E-state index is 12.8. The third kappa shape index (κ3) is 3.10. The summed E-state index contributed by atoms with van der Waals surface area (Å²) in [6.07, 6.45) is -1.08. The predicted octanol–water partition coefficient (Wildman–Crippen LogP) is 3.03. The number of carbonyl (C=O) groups is 1. The van der Waals surface area contributed by atoms with Crippen molar-refractivity contribution in [2.75, 3.05) is 6.54 Å². The van der Waals surface area contributed by atoms with Crippen LogP contribution >= 0.6 is 0 Å². The van der Waals surface area contributed by atoms with Crippen LogP contribution in [0.25, 0.3) is 0 Å². The van der Waals surface area contributed by atoms with Crippen LogP contribution in [0, 0.1) is 0 Å². The molecule has 1 unspecified atom stereocenters. The molecule has 128 valence electrons. The molecule has 0 aromatic heterocycles. The Morgan fingerprint density at radius 1 is 1.30 bits per heavy atom. The number of nitrogens with zero attached hydrogens (tertiary/aromatic N) is 1. The van der Waals surface area contributed by atoms with Crippen LogP contribution in [0.5, 0.6) is 0 Å². The zero-order chi connectivity index (χ0) is 17.3. The Labute approximate surface area is 134 Å². The Bertz CT molecular complexity index is 675. The molecule has 0 aliphatic carbocycles. The first-order valence-corrected chi connectivity index (χ1v) is 8.84. The molecule has 1 aromatic rings. The van der Waals surface area contributed by atoms with E-state index in [2.05, 4.69) is 0 Å². The van der Waals surface area contributed by atoms with E-state index >= 15 is 0 Å². The normalized spacial score (nSPS) is 23.1. The molecule has 1 N–H and O–H groups in total. The fourth-order valence-electron chi connectivity index (χ4n) is 2.99. The van der Waals surface area contributed by atoms with E-state index in [1.807, 2.05) is 0 Å². The lowest BCUT2D eigenvalue weighted by atomic mass is 9.86. The highest BCUT2D eigenvalue weighted by atomic mass is 32.2. The van der Waals surface area contributed by atoms with E-state index in [9.17, 15) is 27.1 Å². The van der Waals surface area contributed by atoms with Crippen molar-refractivity contribution in [3.8, 4) is 0 Å². The Hall–Kier alpha value is -1.54. The van der Waals surface area contributed by atoms with Gasteiger partial charge in [0.25, 0.3) is 6.43 Å². The van der Waals surface area contributed by atoms with Crippen molar-refractivity contribution in [2.45, 2.75) is 49.5 Å². The number of piperidine rings is 1. The second-order valence-electron chi connectivity index (χ2n) is 5.59. The van der Waals surface area contributed by atoms with Crippen molar-refractivity contribution in [3.63, 3.8) is 0 Å². The molecule has 2 rings (SSSR count). The van der Waals surface area contributed by atoms with Gasteiger partial charge in [0, 0.05) is 12.1 Å². The van der Waals surface area contributed by atoms with Gasteiger partial charge in [-0.1, -0.05) is 19.1 Å². The maximum absolute atomic E-state index is 12.8. The molecule has 1 aliphatic rings. The van der Waals surface area contributed by atoms with Gasteiger partial charge in [-0.15, -0.1) is 0 Å². The molecule has 5 nitrogen and oxygen atoms in total. The van der Waals surface area contributed by atoms with E-state index in [1.54, 1.807) is 6.92 Å². The first-order valence-electron chi connectivity index (χ1n) is 7.40. The molecule has 1 saturated heterocycles. The maximum Gasteiger partial charge on any atom is 0.325 e. The van der Waals surface area contributed by atoms with E-state index < -0.39 is 28.0 Å². The van der Waals surface area contributed by atoms with Crippen molar-refractivity contribution >= 4 is 16.0 Å². The number of carboxylic acids is 1. The number of hydrogen-bond donors (Lipinski definition) is 1. The summed E-state index contributed by atoms with van der Waals surface area (Å²) in [5.41, 5.74) is -1.75. The van der Waals surface area contributed by atoms with Gasteiger partial charge in [-0.05, 0) is 37.8 Å². The summed E-state index contributed by atoms with van der Waals surface area (Å²) < 4.78 is 51.9. The summed E-state index contributed by atoms with van der Waals surface area (Å²) in [5.74, 6) is -1.17. The predicted molar refractivity (Wildman–Crippen MR) is 79.8 cm³/mol. The van der Waals surface area contributed by atoms with Gasteiger partial charge in [-0.3, -0.25) is 4.79 Å². The largest absolute Gasteiger partial charge is 0.480 e. The zero-order valence-corrected chi connectivity index (χ0v) is 13.5. The van der Waals surface area contributed by atoms with Crippen LogP contribution in [-0.2, 0) is 14.8 Å². The molecule has 0 radical (unpaired) electrons. The highest BCUT2D eigenvalue weighted by molar-refractivity contribution is 7.89. The van der Waals surface area contributed by atoms with Crippen molar-refractivity contribution in [1.29, 1.82) is 0 Å². The number of rotatable bonds is 5. The molecule has 1 aliphatic heterocycles. The van der Waals surface area contributed by atoms with Crippen molar-refractivity contribution in [2.24, 2.45) is 0 Å². The molecule has 8 heteroatoms. The lowest BCUT2D eigenvalue weighted by molar-refractivity contribution is -0.150. The van der Waals surface area contributed by atoms with Crippen LogP contribution in [0.2, 0.25) is 0 Å². The summed E-state index contributed by atoms with van der Waals surface area (Å²) in [5, 5.41) is 9.58. The number of hydrogen-bond acceptors (Lipinski definition) is 3. The quantitative estimate of drug-likeness (QED) is 0.888. The first kappa shape index (κ1) is 17.8. The molecule has 0 amide bonds. The molecule has 1 aromatic carbocycles. The highest BCUT2D eigenvalue weighted by Gasteiger charge is 2.50. The Balaban J connectivity index is 2.45. The van der Waals surface area contributed by atoms with E-state index in [4.69, 9.17) is 0 Å². The summed E-state index contributed by atoms with van der Waals surface area (Å²) >= 11 is 0. The Morgan fingerprint density at radius 2 is 1.91 bits per heavy atom. The van der Waals surface area contributed by atoms with Gasteiger partial charge >= 0.3 is 5.97 Å². The molecular weight excluding hydrogens is 328 g/mol. The molecule has 0 bridgehead atoms. The number of halogens is 2. The monoisotopic (exact) mass is 347 g/mol. The number of alkyl halides is 2. The third-order valence-electron chi connectivity index (χ3n) is 4.38. The summed E-state index contributed by atoms with van der Waals surface area (Å²) in [6.45, 7) is 1.75. The minimum Gasteiger partial charge on any atom is -0.480 e. The number of benzene rings is 1. The SMILES string of the molecule is CCC1(C(=O)O)CCCCN1S(=O)(=O)c1ccc(C(F)F)cc1. The highest BCUT2D eigenvalue weighted by Crippen LogP contribution is 2.36. The number of sulfonamides is 1. The first-order chi connectivity index (χ1) is 10.8. The lowest BCUT2D eigenvalue weighted by Crippen LogP contribution is -2.58. The van der Waals surface area contributed by atoms with Crippen LogP contribution in [-0.4, -0.2) is 35.9 Å². The lowest BCUT2D eigenvalue weighted by Gasteiger charge is -2.42. The van der Waals surface area contributed by atoms with Gasteiger partial charge in [-0.25, -0.2) is 17.2 Å². The minimum atomic E-state index is -4.06. The molecular formula is C15H19F2NO4S. The van der Waals surface area contributed by atoms with Gasteiger partial charge in [-0.2, -0.15) is 4.31 Å². The number of carboxylic acid groups (broad SMARTS) is 1.